The van der Waals surface area contributed by atoms with Crippen LogP contribution in [0.3, 0.4) is 0 Å². The Morgan fingerprint density at radius 2 is 1.81 bits per heavy atom. The molecule has 0 saturated carbocycles. The average molecular weight is 304 g/mol. The van der Waals surface area contributed by atoms with Gasteiger partial charge in [-0.05, 0) is 12.1 Å². The van der Waals surface area contributed by atoms with Crippen LogP contribution >= 0.6 is 11.8 Å². The SMILES string of the molecule is Cc1nnc(CSc2nnc(COc3ccccc3)o2)o1. The standard InChI is InChI=1S/C13H12N4O3S/c1-9-14-16-12(19-9)8-21-13-17-15-11(20-13)7-18-10-5-3-2-4-6-10/h2-6H,7-8H2,1H3. The molecule has 0 aliphatic rings. The maximum Gasteiger partial charge on any atom is 0.277 e. The van der Waals surface area contributed by atoms with Gasteiger partial charge in [0.05, 0.1) is 5.75 Å². The van der Waals surface area contributed by atoms with Gasteiger partial charge in [-0.25, -0.2) is 0 Å². The van der Waals surface area contributed by atoms with E-state index in [4.69, 9.17) is 13.6 Å². The summed E-state index contributed by atoms with van der Waals surface area (Å²) in [4.78, 5) is 0. The fourth-order valence-electron chi connectivity index (χ4n) is 1.54. The number of thioether (sulfide) groups is 1. The van der Waals surface area contributed by atoms with Gasteiger partial charge < -0.3 is 13.6 Å². The van der Waals surface area contributed by atoms with E-state index in [2.05, 4.69) is 20.4 Å². The van der Waals surface area contributed by atoms with Gasteiger partial charge in [0.15, 0.2) is 6.61 Å². The Morgan fingerprint density at radius 3 is 2.57 bits per heavy atom. The minimum absolute atomic E-state index is 0.233. The van der Waals surface area contributed by atoms with Gasteiger partial charge in [-0.2, -0.15) is 0 Å². The van der Waals surface area contributed by atoms with Crippen LogP contribution in [-0.2, 0) is 12.4 Å². The zero-order valence-electron chi connectivity index (χ0n) is 11.2. The highest BCUT2D eigenvalue weighted by molar-refractivity contribution is 7.98. The molecule has 0 aliphatic heterocycles. The normalized spacial score (nSPS) is 10.7. The lowest BCUT2D eigenvalue weighted by Crippen LogP contribution is -1.95. The fraction of sp³-hybridized carbons (Fsp3) is 0.231. The fourth-order valence-corrected chi connectivity index (χ4v) is 2.15. The molecule has 0 bridgehead atoms. The minimum atomic E-state index is 0.233. The molecule has 0 spiro atoms. The van der Waals surface area contributed by atoms with E-state index in [9.17, 15) is 0 Å². The van der Waals surface area contributed by atoms with Crippen LogP contribution in [0, 0.1) is 6.92 Å². The highest BCUT2D eigenvalue weighted by Crippen LogP contribution is 2.21. The van der Waals surface area contributed by atoms with Crippen molar-refractivity contribution in [2.75, 3.05) is 0 Å². The number of aryl methyl sites for hydroxylation is 1. The smallest absolute Gasteiger partial charge is 0.277 e. The summed E-state index contributed by atoms with van der Waals surface area (Å²) in [7, 11) is 0. The Labute approximate surface area is 124 Å². The van der Waals surface area contributed by atoms with E-state index in [0.29, 0.717) is 28.6 Å². The average Bonchev–Trinajstić information content (AvgIpc) is 3.13. The summed E-state index contributed by atoms with van der Waals surface area (Å²) in [5, 5.41) is 15.9. The summed E-state index contributed by atoms with van der Waals surface area (Å²) in [6.45, 7) is 1.98. The predicted octanol–water partition coefficient (Wildman–Crippen LogP) is 2.63. The van der Waals surface area contributed by atoms with E-state index in [0.717, 1.165) is 5.75 Å². The summed E-state index contributed by atoms with van der Waals surface area (Å²) in [5.74, 6) is 2.72. The largest absolute Gasteiger partial charge is 0.484 e. The van der Waals surface area contributed by atoms with Crippen LogP contribution in [0.4, 0.5) is 0 Å². The van der Waals surface area contributed by atoms with Crippen molar-refractivity contribution in [3.8, 4) is 5.75 Å². The molecule has 2 heterocycles. The molecule has 21 heavy (non-hydrogen) atoms. The van der Waals surface area contributed by atoms with E-state index in [1.807, 2.05) is 30.3 Å². The van der Waals surface area contributed by atoms with Crippen LogP contribution < -0.4 is 4.74 Å². The molecule has 108 valence electrons. The Kier molecular flexibility index (Phi) is 4.15. The van der Waals surface area contributed by atoms with Gasteiger partial charge in [-0.3, -0.25) is 0 Å². The molecular weight excluding hydrogens is 292 g/mol. The molecule has 2 aromatic heterocycles. The van der Waals surface area contributed by atoms with Crippen LogP contribution in [0.15, 0.2) is 44.4 Å². The van der Waals surface area contributed by atoms with Crippen molar-refractivity contribution >= 4 is 11.8 Å². The molecule has 8 heteroatoms. The Bertz CT molecular complexity index is 698. The molecule has 0 unspecified atom stereocenters. The maximum absolute atomic E-state index is 5.53. The number of ether oxygens (including phenoxy) is 1. The molecule has 0 aliphatic carbocycles. The summed E-state index contributed by atoms with van der Waals surface area (Å²) in [6.07, 6.45) is 0. The molecule has 1 aromatic carbocycles. The van der Waals surface area contributed by atoms with Crippen LogP contribution in [0.1, 0.15) is 17.7 Å². The number of hydrogen-bond donors (Lipinski definition) is 0. The second kappa shape index (κ2) is 6.40. The summed E-state index contributed by atoms with van der Waals surface area (Å²) in [6, 6.07) is 9.45. The topological polar surface area (TPSA) is 87.1 Å². The lowest BCUT2D eigenvalue weighted by atomic mass is 10.3. The molecule has 0 saturated heterocycles. The van der Waals surface area contributed by atoms with Gasteiger partial charge in [-0.1, -0.05) is 30.0 Å². The van der Waals surface area contributed by atoms with Crippen molar-refractivity contribution in [1.29, 1.82) is 0 Å². The Balaban J connectivity index is 1.51. The number of para-hydroxylation sites is 1. The van der Waals surface area contributed by atoms with Gasteiger partial charge in [-0.15, -0.1) is 20.4 Å². The number of nitrogens with zero attached hydrogens (tertiary/aromatic N) is 4. The van der Waals surface area contributed by atoms with E-state index < -0.39 is 0 Å². The first-order valence-electron chi connectivity index (χ1n) is 6.21. The first kappa shape index (κ1) is 13.6. The molecule has 0 amide bonds. The molecule has 3 rings (SSSR count). The third-order valence-corrected chi connectivity index (χ3v) is 3.24. The summed E-state index contributed by atoms with van der Waals surface area (Å²) >= 11 is 1.34. The minimum Gasteiger partial charge on any atom is -0.484 e. The van der Waals surface area contributed by atoms with Gasteiger partial charge in [0.1, 0.15) is 5.75 Å². The maximum atomic E-state index is 5.53. The molecule has 0 radical (unpaired) electrons. The Morgan fingerprint density at radius 1 is 1.00 bits per heavy atom. The van der Waals surface area contributed by atoms with Crippen LogP contribution in [0.2, 0.25) is 0 Å². The van der Waals surface area contributed by atoms with Crippen molar-refractivity contribution in [2.24, 2.45) is 0 Å². The van der Waals surface area contributed by atoms with Crippen molar-refractivity contribution in [3.63, 3.8) is 0 Å². The van der Waals surface area contributed by atoms with E-state index in [-0.39, 0.29) is 6.61 Å². The van der Waals surface area contributed by atoms with Gasteiger partial charge >= 0.3 is 0 Å². The number of hydrogen-bond acceptors (Lipinski definition) is 8. The quantitative estimate of drug-likeness (QED) is 0.642. The second-order valence-corrected chi connectivity index (χ2v) is 4.99. The van der Waals surface area contributed by atoms with Crippen molar-refractivity contribution < 1.29 is 13.6 Å². The number of aromatic nitrogens is 4. The molecule has 7 nitrogen and oxygen atoms in total. The van der Waals surface area contributed by atoms with Crippen molar-refractivity contribution in [1.82, 2.24) is 20.4 Å². The van der Waals surface area contributed by atoms with E-state index >= 15 is 0 Å². The third kappa shape index (κ3) is 3.82. The predicted molar refractivity (Wildman–Crippen MR) is 73.7 cm³/mol. The monoisotopic (exact) mass is 304 g/mol. The van der Waals surface area contributed by atoms with Gasteiger partial charge in [0.2, 0.25) is 11.8 Å². The molecule has 0 fully saturated rings. The zero-order chi connectivity index (χ0) is 14.5. The molecule has 3 aromatic rings. The number of benzene rings is 1. The first-order valence-corrected chi connectivity index (χ1v) is 7.20. The first-order chi connectivity index (χ1) is 10.3. The van der Waals surface area contributed by atoms with Gasteiger partial charge in [0.25, 0.3) is 11.1 Å². The van der Waals surface area contributed by atoms with Crippen LogP contribution in [0.5, 0.6) is 5.75 Å². The number of rotatable bonds is 6. The zero-order valence-corrected chi connectivity index (χ0v) is 12.0. The van der Waals surface area contributed by atoms with E-state index in [1.165, 1.54) is 11.8 Å². The van der Waals surface area contributed by atoms with Crippen LogP contribution in [-0.4, -0.2) is 20.4 Å². The molecule has 0 atom stereocenters. The van der Waals surface area contributed by atoms with E-state index in [1.54, 1.807) is 6.92 Å². The van der Waals surface area contributed by atoms with Crippen LogP contribution in [0.25, 0.3) is 0 Å². The molecular formula is C13H12N4O3S. The Hall–Kier alpha value is -2.35. The summed E-state index contributed by atoms with van der Waals surface area (Å²) < 4.78 is 16.2. The third-order valence-electron chi connectivity index (χ3n) is 2.44. The lowest BCUT2D eigenvalue weighted by Gasteiger charge is -2.01. The van der Waals surface area contributed by atoms with Gasteiger partial charge in [0, 0.05) is 6.92 Å². The lowest BCUT2D eigenvalue weighted by molar-refractivity contribution is 0.252. The van der Waals surface area contributed by atoms with Crippen molar-refractivity contribution in [2.45, 2.75) is 24.5 Å². The molecule has 0 N–H and O–H groups in total. The van der Waals surface area contributed by atoms with Crippen molar-refractivity contribution in [3.05, 3.63) is 48.0 Å². The second-order valence-electron chi connectivity index (χ2n) is 4.07. The highest BCUT2D eigenvalue weighted by atomic mass is 32.2. The highest BCUT2D eigenvalue weighted by Gasteiger charge is 2.10. The summed E-state index contributed by atoms with van der Waals surface area (Å²) in [5.41, 5.74) is 0.